The van der Waals surface area contributed by atoms with E-state index in [1.165, 1.54) is 11.3 Å². The molecule has 1 aliphatic heterocycles. The van der Waals surface area contributed by atoms with Crippen molar-refractivity contribution < 1.29 is 19.7 Å². The third-order valence-corrected chi connectivity index (χ3v) is 4.78. The molecule has 130 valence electrons. The third-order valence-electron chi connectivity index (χ3n) is 4.02. The highest BCUT2D eigenvalue weighted by Crippen LogP contribution is 2.36. The fourth-order valence-electron chi connectivity index (χ4n) is 2.78. The molecule has 0 spiro atoms. The molecule has 0 amide bonds. The van der Waals surface area contributed by atoms with Gasteiger partial charge in [0.15, 0.2) is 16.6 Å². The van der Waals surface area contributed by atoms with E-state index in [-0.39, 0.29) is 12.2 Å². The lowest BCUT2D eigenvalue weighted by molar-refractivity contribution is 0.0974. The van der Waals surface area contributed by atoms with Crippen LogP contribution in [0.15, 0.2) is 41.5 Å². The highest BCUT2D eigenvalue weighted by atomic mass is 32.1. The predicted molar refractivity (Wildman–Crippen MR) is 96.8 cm³/mol. The number of hydrogen-bond donors (Lipinski definition) is 3. The first-order valence-electron chi connectivity index (χ1n) is 7.96. The molecule has 1 aromatic carbocycles. The summed E-state index contributed by atoms with van der Waals surface area (Å²) in [5, 5.41) is 26.0. The van der Waals surface area contributed by atoms with Crippen LogP contribution in [0.25, 0.3) is 5.57 Å². The quantitative estimate of drug-likeness (QED) is 0.777. The standard InChI is InChI=1S/C18H18N2O4S/c1-18(22)5-4-12(14(21)9-18)13-10-25-17(20-13)19-11-2-3-15-16(8-11)24-7-6-23-15/h2-5,8,10,21-22H,6-7,9H2,1H3,(H,19,20). The molecule has 25 heavy (non-hydrogen) atoms. The van der Waals surface area contributed by atoms with Crippen molar-refractivity contribution in [2.75, 3.05) is 18.5 Å². The molecule has 4 rings (SSSR count). The molecule has 2 aliphatic rings. The van der Waals surface area contributed by atoms with Crippen molar-refractivity contribution in [3.05, 3.63) is 47.2 Å². The monoisotopic (exact) mass is 358 g/mol. The van der Waals surface area contributed by atoms with E-state index < -0.39 is 5.60 Å². The smallest absolute Gasteiger partial charge is 0.187 e. The lowest BCUT2D eigenvalue weighted by atomic mass is 9.91. The van der Waals surface area contributed by atoms with Crippen LogP contribution < -0.4 is 14.8 Å². The zero-order valence-corrected chi connectivity index (χ0v) is 14.5. The Kier molecular flexibility index (Phi) is 3.89. The van der Waals surface area contributed by atoms with Crippen LogP contribution in [0.3, 0.4) is 0 Å². The van der Waals surface area contributed by atoms with Crippen molar-refractivity contribution in [3.8, 4) is 11.5 Å². The van der Waals surface area contributed by atoms with E-state index in [2.05, 4.69) is 10.3 Å². The Labute approximate surface area is 149 Å². The van der Waals surface area contributed by atoms with E-state index in [1.54, 1.807) is 19.1 Å². The van der Waals surface area contributed by atoms with Crippen molar-refractivity contribution in [1.29, 1.82) is 0 Å². The number of aliphatic hydroxyl groups is 2. The number of aliphatic hydroxyl groups excluding tert-OH is 1. The lowest BCUT2D eigenvalue weighted by Crippen LogP contribution is -2.24. The van der Waals surface area contributed by atoms with E-state index in [4.69, 9.17) is 9.47 Å². The zero-order valence-electron chi connectivity index (χ0n) is 13.7. The number of nitrogens with zero attached hydrogens (tertiary/aromatic N) is 1. The number of nitrogens with one attached hydrogen (secondary N) is 1. The minimum Gasteiger partial charge on any atom is -0.511 e. The molecular weight excluding hydrogens is 340 g/mol. The van der Waals surface area contributed by atoms with E-state index in [0.717, 1.165) is 11.4 Å². The highest BCUT2D eigenvalue weighted by molar-refractivity contribution is 7.13. The van der Waals surface area contributed by atoms with Crippen LogP contribution in [-0.4, -0.2) is 34.0 Å². The predicted octanol–water partition coefficient (Wildman–Crippen LogP) is 3.64. The number of allylic oxidation sites excluding steroid dienone is 2. The minimum absolute atomic E-state index is 0.142. The van der Waals surface area contributed by atoms with Crippen LogP contribution in [0.2, 0.25) is 0 Å². The number of ether oxygens (including phenoxy) is 2. The number of aromatic nitrogens is 1. The fourth-order valence-corrected chi connectivity index (χ4v) is 3.52. The van der Waals surface area contributed by atoms with Gasteiger partial charge in [-0.05, 0) is 19.1 Å². The van der Waals surface area contributed by atoms with Crippen molar-refractivity contribution in [3.63, 3.8) is 0 Å². The third kappa shape index (κ3) is 3.33. The van der Waals surface area contributed by atoms with Gasteiger partial charge in [0, 0.05) is 29.1 Å². The van der Waals surface area contributed by atoms with Gasteiger partial charge >= 0.3 is 0 Å². The molecule has 0 fully saturated rings. The fraction of sp³-hybridized carbons (Fsp3) is 0.278. The molecule has 1 atom stereocenters. The average Bonchev–Trinajstić information content (AvgIpc) is 3.02. The number of benzene rings is 1. The molecule has 0 saturated carbocycles. The van der Waals surface area contributed by atoms with Crippen LogP contribution in [-0.2, 0) is 0 Å². The van der Waals surface area contributed by atoms with Gasteiger partial charge in [-0.1, -0.05) is 12.2 Å². The molecule has 0 radical (unpaired) electrons. The van der Waals surface area contributed by atoms with Gasteiger partial charge in [0.1, 0.15) is 19.0 Å². The van der Waals surface area contributed by atoms with Crippen LogP contribution in [0.4, 0.5) is 10.8 Å². The summed E-state index contributed by atoms with van der Waals surface area (Å²) < 4.78 is 11.1. The first-order chi connectivity index (χ1) is 12.0. The van der Waals surface area contributed by atoms with Gasteiger partial charge in [-0.3, -0.25) is 0 Å². The largest absolute Gasteiger partial charge is 0.511 e. The van der Waals surface area contributed by atoms with Gasteiger partial charge in [-0.2, -0.15) is 0 Å². The first kappa shape index (κ1) is 16.0. The maximum absolute atomic E-state index is 10.2. The SMILES string of the molecule is CC1(O)C=CC(c2csc(Nc3ccc4c(c3)OCCO4)n2)=C(O)C1. The normalized spacial score (nSPS) is 22.2. The Balaban J connectivity index is 1.53. The molecule has 0 bridgehead atoms. The number of thiazole rings is 1. The van der Waals surface area contributed by atoms with Gasteiger partial charge in [0.05, 0.1) is 11.3 Å². The summed E-state index contributed by atoms with van der Waals surface area (Å²) in [4.78, 5) is 4.52. The number of hydrogen-bond acceptors (Lipinski definition) is 7. The summed E-state index contributed by atoms with van der Waals surface area (Å²) in [6.07, 6.45) is 3.57. The van der Waals surface area contributed by atoms with Gasteiger partial charge in [0.25, 0.3) is 0 Å². The Morgan fingerprint density at radius 3 is 2.84 bits per heavy atom. The molecule has 0 saturated heterocycles. The van der Waals surface area contributed by atoms with E-state index in [0.29, 0.717) is 35.4 Å². The number of anilines is 2. The van der Waals surface area contributed by atoms with E-state index in [1.807, 2.05) is 23.6 Å². The molecular formula is C18H18N2O4S. The summed E-state index contributed by atoms with van der Waals surface area (Å²) in [5.41, 5.74) is 1.15. The van der Waals surface area contributed by atoms with Gasteiger partial charge in [-0.25, -0.2) is 4.98 Å². The Morgan fingerprint density at radius 1 is 1.24 bits per heavy atom. The lowest BCUT2D eigenvalue weighted by Gasteiger charge is -2.23. The second-order valence-corrected chi connectivity index (χ2v) is 7.11. The second kappa shape index (κ2) is 6.09. The van der Waals surface area contributed by atoms with Gasteiger partial charge in [-0.15, -0.1) is 11.3 Å². The number of fused-ring (bicyclic) bond motifs is 1. The summed E-state index contributed by atoms with van der Waals surface area (Å²) in [6, 6.07) is 5.65. The van der Waals surface area contributed by atoms with E-state index in [9.17, 15) is 10.2 Å². The summed E-state index contributed by atoms with van der Waals surface area (Å²) in [7, 11) is 0. The topological polar surface area (TPSA) is 83.8 Å². The molecule has 1 aromatic heterocycles. The highest BCUT2D eigenvalue weighted by Gasteiger charge is 2.25. The average molecular weight is 358 g/mol. The van der Waals surface area contributed by atoms with Crippen LogP contribution in [0, 0.1) is 0 Å². The Morgan fingerprint density at radius 2 is 2.04 bits per heavy atom. The first-order valence-corrected chi connectivity index (χ1v) is 8.84. The summed E-state index contributed by atoms with van der Waals surface area (Å²) in [6.45, 7) is 2.77. The molecule has 3 N–H and O–H groups in total. The van der Waals surface area contributed by atoms with Crippen molar-refractivity contribution >= 4 is 27.7 Å². The zero-order chi connectivity index (χ0) is 17.4. The van der Waals surface area contributed by atoms with Crippen LogP contribution in [0.1, 0.15) is 19.0 Å². The minimum atomic E-state index is -1.02. The molecule has 6 nitrogen and oxygen atoms in total. The van der Waals surface area contributed by atoms with Crippen LogP contribution >= 0.6 is 11.3 Å². The van der Waals surface area contributed by atoms with Gasteiger partial charge < -0.3 is 25.0 Å². The van der Waals surface area contributed by atoms with Gasteiger partial charge in [0.2, 0.25) is 0 Å². The van der Waals surface area contributed by atoms with Crippen molar-refractivity contribution in [2.45, 2.75) is 18.9 Å². The Bertz CT molecular complexity index is 870. The molecule has 1 unspecified atom stereocenters. The summed E-state index contributed by atoms with van der Waals surface area (Å²) >= 11 is 1.44. The van der Waals surface area contributed by atoms with Crippen LogP contribution in [0.5, 0.6) is 11.5 Å². The maximum Gasteiger partial charge on any atom is 0.187 e. The molecule has 7 heteroatoms. The van der Waals surface area contributed by atoms with Crippen molar-refractivity contribution in [2.24, 2.45) is 0 Å². The second-order valence-electron chi connectivity index (χ2n) is 6.25. The number of rotatable bonds is 3. The molecule has 2 aromatic rings. The maximum atomic E-state index is 10.2. The molecule has 1 aliphatic carbocycles. The van der Waals surface area contributed by atoms with Crippen molar-refractivity contribution in [1.82, 2.24) is 4.98 Å². The summed E-state index contributed by atoms with van der Waals surface area (Å²) in [5.74, 6) is 1.60. The van der Waals surface area contributed by atoms with E-state index >= 15 is 0 Å². The molecule has 2 heterocycles. The Hall–Kier alpha value is -2.51.